The Bertz CT molecular complexity index is 1230. The first kappa shape index (κ1) is 18.5. The van der Waals surface area contributed by atoms with Crippen molar-refractivity contribution < 1.29 is 4.57 Å². The van der Waals surface area contributed by atoms with Crippen LogP contribution in [0.5, 0.6) is 0 Å². The number of fused-ring (bicyclic) bond motifs is 1. The van der Waals surface area contributed by atoms with Crippen LogP contribution in [0.2, 0.25) is 0 Å². The number of benzene rings is 1. The summed E-state index contributed by atoms with van der Waals surface area (Å²) < 4.78 is 4.57. The number of aryl methyl sites for hydroxylation is 6. The van der Waals surface area contributed by atoms with E-state index in [1.54, 1.807) is 0 Å². The van der Waals surface area contributed by atoms with Crippen molar-refractivity contribution in [1.82, 2.24) is 4.40 Å². The van der Waals surface area contributed by atoms with E-state index in [1.165, 1.54) is 61.4 Å². The van der Waals surface area contributed by atoms with Crippen LogP contribution in [0.15, 0.2) is 48.8 Å². The Labute approximate surface area is 168 Å². The van der Waals surface area contributed by atoms with Gasteiger partial charge >= 0.3 is 0 Å². The van der Waals surface area contributed by atoms with Crippen LogP contribution in [-0.2, 0) is 7.05 Å². The van der Waals surface area contributed by atoms with Gasteiger partial charge in [-0.15, -0.1) is 0 Å². The van der Waals surface area contributed by atoms with Crippen LogP contribution in [0.25, 0.3) is 27.9 Å². The SMILES string of the molecule is Cc1cc(-c2cc(-c3ccc4c(C)c(C)c(C)n4c3)ccc2C)[n+](C)cc1C. The lowest BCUT2D eigenvalue weighted by molar-refractivity contribution is -0.660. The summed E-state index contributed by atoms with van der Waals surface area (Å²) in [6, 6.07) is 13.6. The van der Waals surface area contributed by atoms with Gasteiger partial charge in [0, 0.05) is 34.6 Å². The van der Waals surface area contributed by atoms with Gasteiger partial charge in [-0.05, 0) is 87.1 Å². The molecule has 0 fully saturated rings. The van der Waals surface area contributed by atoms with Crippen molar-refractivity contribution in [3.05, 3.63) is 82.3 Å². The molecule has 0 saturated carbocycles. The molecule has 0 spiro atoms. The van der Waals surface area contributed by atoms with Crippen LogP contribution < -0.4 is 4.57 Å². The molecule has 0 saturated heterocycles. The minimum Gasteiger partial charge on any atom is -0.320 e. The molecule has 0 unspecified atom stereocenters. The van der Waals surface area contributed by atoms with Crippen LogP contribution in [0, 0.1) is 41.5 Å². The van der Waals surface area contributed by atoms with Crippen molar-refractivity contribution in [1.29, 1.82) is 0 Å². The van der Waals surface area contributed by atoms with E-state index in [0.717, 1.165) is 0 Å². The summed E-state index contributed by atoms with van der Waals surface area (Å²) in [6.45, 7) is 13.2. The van der Waals surface area contributed by atoms with Gasteiger partial charge in [-0.25, -0.2) is 4.57 Å². The summed E-state index contributed by atoms with van der Waals surface area (Å²) >= 11 is 0. The second-order valence-electron chi connectivity index (χ2n) is 8.17. The lowest BCUT2D eigenvalue weighted by Crippen LogP contribution is -2.31. The average molecular weight is 370 g/mol. The maximum Gasteiger partial charge on any atom is 0.212 e. The zero-order valence-corrected chi connectivity index (χ0v) is 18.0. The molecule has 4 rings (SSSR count). The Kier molecular flexibility index (Phi) is 4.38. The number of nitrogens with zero attached hydrogens (tertiary/aromatic N) is 2. The highest BCUT2D eigenvalue weighted by atomic mass is 14.9. The molecule has 0 N–H and O–H groups in total. The number of aromatic nitrogens is 2. The number of hydrogen-bond acceptors (Lipinski definition) is 0. The molecule has 2 nitrogen and oxygen atoms in total. The topological polar surface area (TPSA) is 8.29 Å². The third kappa shape index (κ3) is 2.84. The molecule has 3 aromatic heterocycles. The van der Waals surface area contributed by atoms with Gasteiger partial charge in [-0.3, -0.25) is 0 Å². The maximum atomic E-state index is 2.33. The Morgan fingerprint density at radius 1 is 0.714 bits per heavy atom. The lowest BCUT2D eigenvalue weighted by Gasteiger charge is -2.11. The van der Waals surface area contributed by atoms with Crippen LogP contribution in [0.1, 0.15) is 33.5 Å². The van der Waals surface area contributed by atoms with Crippen molar-refractivity contribution in [3.63, 3.8) is 0 Å². The molecule has 0 atom stereocenters. The molecule has 0 amide bonds. The fourth-order valence-electron chi connectivity index (χ4n) is 4.13. The Morgan fingerprint density at radius 3 is 2.18 bits per heavy atom. The smallest absolute Gasteiger partial charge is 0.212 e. The Hall–Kier alpha value is -2.87. The predicted molar refractivity (Wildman–Crippen MR) is 118 cm³/mol. The van der Waals surface area contributed by atoms with Crippen LogP contribution >= 0.6 is 0 Å². The third-order valence-electron chi connectivity index (χ3n) is 6.39. The molecule has 0 aliphatic rings. The molecule has 0 aliphatic carbocycles. The van der Waals surface area contributed by atoms with Crippen molar-refractivity contribution in [3.8, 4) is 22.4 Å². The van der Waals surface area contributed by atoms with Gasteiger partial charge in [0.25, 0.3) is 0 Å². The van der Waals surface area contributed by atoms with Gasteiger partial charge in [-0.1, -0.05) is 18.2 Å². The monoisotopic (exact) mass is 369 g/mol. The molecule has 0 radical (unpaired) electrons. The first-order chi connectivity index (χ1) is 13.3. The highest BCUT2D eigenvalue weighted by Crippen LogP contribution is 2.30. The molecule has 142 valence electrons. The van der Waals surface area contributed by atoms with Crippen molar-refractivity contribution in [2.24, 2.45) is 7.05 Å². The molecule has 0 bridgehead atoms. The van der Waals surface area contributed by atoms with Crippen LogP contribution in [0.3, 0.4) is 0 Å². The standard InChI is InChI=1S/C26H29N2/c1-16-8-9-22(13-24(16)26-12-17(2)18(3)14-27(26)7)23-10-11-25-20(5)19(4)21(6)28(25)15-23/h8-15H,1-7H3/q+1. The fourth-order valence-corrected chi connectivity index (χ4v) is 4.13. The summed E-state index contributed by atoms with van der Waals surface area (Å²) in [5.41, 5.74) is 14.4. The molecular weight excluding hydrogens is 340 g/mol. The van der Waals surface area contributed by atoms with Crippen LogP contribution in [-0.4, -0.2) is 4.40 Å². The number of hydrogen-bond donors (Lipinski definition) is 0. The molecule has 2 heteroatoms. The third-order valence-corrected chi connectivity index (χ3v) is 6.39. The summed E-state index contributed by atoms with van der Waals surface area (Å²) in [7, 11) is 2.13. The first-order valence-corrected chi connectivity index (χ1v) is 9.94. The van der Waals surface area contributed by atoms with E-state index in [-0.39, 0.29) is 0 Å². The quantitative estimate of drug-likeness (QED) is 0.386. The molecular formula is C26H29N2+. The second kappa shape index (κ2) is 6.63. The zero-order chi connectivity index (χ0) is 20.2. The first-order valence-electron chi connectivity index (χ1n) is 9.94. The lowest BCUT2D eigenvalue weighted by atomic mass is 9.97. The van der Waals surface area contributed by atoms with Gasteiger partial charge in [0.15, 0.2) is 6.20 Å². The van der Waals surface area contributed by atoms with Gasteiger partial charge in [0.1, 0.15) is 7.05 Å². The minimum atomic E-state index is 1.25. The Balaban J connectivity index is 1.89. The van der Waals surface area contributed by atoms with Gasteiger partial charge in [-0.2, -0.15) is 0 Å². The van der Waals surface area contributed by atoms with E-state index in [0.29, 0.717) is 0 Å². The molecule has 0 aliphatic heterocycles. The average Bonchev–Trinajstić information content (AvgIpc) is 2.89. The summed E-state index contributed by atoms with van der Waals surface area (Å²) in [5, 5.41) is 0. The molecule has 28 heavy (non-hydrogen) atoms. The molecule has 3 heterocycles. The molecule has 4 aromatic rings. The van der Waals surface area contributed by atoms with Gasteiger partial charge in [0.05, 0.1) is 0 Å². The van der Waals surface area contributed by atoms with Crippen LogP contribution in [0.4, 0.5) is 0 Å². The largest absolute Gasteiger partial charge is 0.320 e. The summed E-state index contributed by atoms with van der Waals surface area (Å²) in [4.78, 5) is 0. The summed E-state index contributed by atoms with van der Waals surface area (Å²) in [5.74, 6) is 0. The maximum absolute atomic E-state index is 2.33. The number of rotatable bonds is 2. The van der Waals surface area contributed by atoms with Crippen molar-refractivity contribution in [2.45, 2.75) is 41.5 Å². The second-order valence-corrected chi connectivity index (χ2v) is 8.17. The molecule has 1 aromatic carbocycles. The van der Waals surface area contributed by atoms with E-state index < -0.39 is 0 Å². The number of pyridine rings is 2. The van der Waals surface area contributed by atoms with Crippen molar-refractivity contribution >= 4 is 5.52 Å². The highest BCUT2D eigenvalue weighted by Gasteiger charge is 2.16. The predicted octanol–water partition coefficient (Wildman–Crippen LogP) is 5.95. The van der Waals surface area contributed by atoms with E-state index in [1.807, 2.05) is 0 Å². The minimum absolute atomic E-state index is 1.25. The van der Waals surface area contributed by atoms with E-state index in [4.69, 9.17) is 0 Å². The van der Waals surface area contributed by atoms with E-state index >= 15 is 0 Å². The van der Waals surface area contributed by atoms with E-state index in [9.17, 15) is 0 Å². The van der Waals surface area contributed by atoms with E-state index in [2.05, 4.69) is 106 Å². The fraction of sp³-hybridized carbons (Fsp3) is 0.269. The van der Waals surface area contributed by atoms with Gasteiger partial charge in [0.2, 0.25) is 5.69 Å². The highest BCUT2D eigenvalue weighted by molar-refractivity contribution is 5.74. The van der Waals surface area contributed by atoms with Crippen molar-refractivity contribution in [2.75, 3.05) is 0 Å². The normalized spacial score (nSPS) is 11.4. The van der Waals surface area contributed by atoms with Gasteiger partial charge < -0.3 is 4.40 Å². The summed E-state index contributed by atoms with van der Waals surface area (Å²) in [6.07, 6.45) is 4.50. The Morgan fingerprint density at radius 2 is 1.43 bits per heavy atom. The zero-order valence-electron chi connectivity index (χ0n) is 18.0.